The monoisotopic (exact) mass is 425 g/mol. The second kappa shape index (κ2) is 9.18. The molecular weight excluding hydrogens is 402 g/mol. The molecule has 4 aromatic rings. The number of hydrogen-bond donors (Lipinski definition) is 2. The minimum Gasteiger partial charge on any atom is -0.324 e. The number of nitrogens with zero attached hydrogens (tertiary/aromatic N) is 3. The molecule has 0 saturated heterocycles. The summed E-state index contributed by atoms with van der Waals surface area (Å²) in [6.07, 6.45) is 5.45. The van der Waals surface area contributed by atoms with E-state index in [0.29, 0.717) is 11.1 Å². The second-order valence-corrected chi connectivity index (χ2v) is 7.31. The fraction of sp³-hybridized carbons (Fsp3) is 0.0800. The summed E-state index contributed by atoms with van der Waals surface area (Å²) in [7, 11) is 0. The molecule has 0 unspecified atom stereocenters. The van der Waals surface area contributed by atoms with Gasteiger partial charge < -0.3 is 4.57 Å². The van der Waals surface area contributed by atoms with Crippen molar-refractivity contribution in [1.82, 2.24) is 14.7 Å². The minimum atomic E-state index is -0.300. The van der Waals surface area contributed by atoms with Gasteiger partial charge in [-0.1, -0.05) is 18.2 Å². The van der Waals surface area contributed by atoms with Crippen LogP contribution in [0.2, 0.25) is 0 Å². The van der Waals surface area contributed by atoms with Gasteiger partial charge in [-0.05, 0) is 68.4 Å². The van der Waals surface area contributed by atoms with Crippen LogP contribution in [-0.2, 0) is 0 Å². The number of nitrogens with one attached hydrogen (secondary N) is 2. The lowest BCUT2D eigenvalue weighted by Gasteiger charge is -2.11. The summed E-state index contributed by atoms with van der Waals surface area (Å²) in [6, 6.07) is 22.1. The summed E-state index contributed by atoms with van der Waals surface area (Å²) in [6.45, 7) is 3.77. The first-order valence-electron chi connectivity index (χ1n) is 10.1. The highest BCUT2D eigenvalue weighted by Gasteiger charge is 2.12. The summed E-state index contributed by atoms with van der Waals surface area (Å²) >= 11 is 0. The minimum absolute atomic E-state index is 0.201. The predicted octanol–water partition coefficient (Wildman–Crippen LogP) is 4.04. The zero-order valence-corrected chi connectivity index (χ0v) is 17.8. The fourth-order valence-electron chi connectivity index (χ4n) is 3.36. The van der Waals surface area contributed by atoms with Crippen LogP contribution in [0.3, 0.4) is 0 Å². The molecule has 0 aliphatic carbocycles. The Morgan fingerprint density at radius 1 is 0.844 bits per heavy atom. The van der Waals surface area contributed by atoms with Crippen molar-refractivity contribution >= 4 is 18.0 Å². The van der Waals surface area contributed by atoms with Crippen LogP contribution in [-0.4, -0.2) is 27.3 Å². The van der Waals surface area contributed by atoms with E-state index in [1.54, 1.807) is 35.2 Å². The Labute approximate surface area is 186 Å². The van der Waals surface area contributed by atoms with Crippen molar-refractivity contribution in [2.24, 2.45) is 5.10 Å². The zero-order chi connectivity index (χ0) is 22.5. The highest BCUT2D eigenvalue weighted by Crippen LogP contribution is 2.13. The molecule has 0 fully saturated rings. The molecule has 2 aromatic heterocycles. The van der Waals surface area contributed by atoms with Gasteiger partial charge in [-0.25, -0.2) is 5.43 Å². The number of benzene rings is 2. The molecule has 7 nitrogen and oxygen atoms in total. The number of amides is 2. The van der Waals surface area contributed by atoms with E-state index in [2.05, 4.69) is 16.0 Å². The standard InChI is InChI=1S/C25H23N5O2/c1-18-16-22(19(2)30(18)28-25(32)20-8-4-3-5-9-20)17-26-27-24(31)21-10-12-23(13-11-21)29-14-6-7-15-29/h3-17H,1-2H3,(H,27,31)(H,28,32)/b26-17+. The van der Waals surface area contributed by atoms with E-state index in [1.165, 1.54) is 0 Å². The third-order valence-electron chi connectivity index (χ3n) is 5.12. The van der Waals surface area contributed by atoms with Crippen LogP contribution in [0.25, 0.3) is 5.69 Å². The zero-order valence-electron chi connectivity index (χ0n) is 17.8. The number of hydrogen-bond acceptors (Lipinski definition) is 3. The number of carbonyl (C=O) groups is 2. The molecule has 7 heteroatoms. The molecule has 0 aliphatic rings. The summed E-state index contributed by atoms with van der Waals surface area (Å²) in [5.41, 5.74) is 9.94. The molecule has 2 amide bonds. The van der Waals surface area contributed by atoms with Gasteiger partial charge in [-0.15, -0.1) is 0 Å². The van der Waals surface area contributed by atoms with Gasteiger partial charge in [0.1, 0.15) is 0 Å². The Bertz CT molecular complexity index is 1250. The van der Waals surface area contributed by atoms with Crippen LogP contribution >= 0.6 is 0 Å². The highest BCUT2D eigenvalue weighted by molar-refractivity contribution is 6.00. The Kier molecular flexibility index (Phi) is 5.98. The molecule has 0 saturated carbocycles. The van der Waals surface area contributed by atoms with Crippen molar-refractivity contribution in [3.05, 3.63) is 113 Å². The van der Waals surface area contributed by atoms with Gasteiger partial charge in [-0.3, -0.25) is 19.7 Å². The molecule has 2 heterocycles. The summed E-state index contributed by atoms with van der Waals surface area (Å²) < 4.78 is 3.67. The third kappa shape index (κ3) is 4.52. The molecular formula is C25H23N5O2. The van der Waals surface area contributed by atoms with E-state index in [0.717, 1.165) is 22.6 Å². The largest absolute Gasteiger partial charge is 0.324 e. The third-order valence-corrected chi connectivity index (χ3v) is 5.12. The molecule has 0 aliphatic heterocycles. The molecule has 4 rings (SSSR count). The van der Waals surface area contributed by atoms with Crippen molar-refractivity contribution in [2.45, 2.75) is 13.8 Å². The van der Waals surface area contributed by atoms with E-state index < -0.39 is 0 Å². The molecule has 2 N–H and O–H groups in total. The first kappa shape index (κ1) is 20.9. The van der Waals surface area contributed by atoms with Crippen LogP contribution < -0.4 is 10.9 Å². The average Bonchev–Trinajstić information content (AvgIpc) is 3.44. The van der Waals surface area contributed by atoms with E-state index >= 15 is 0 Å². The van der Waals surface area contributed by atoms with E-state index in [4.69, 9.17) is 0 Å². The lowest BCUT2D eigenvalue weighted by Crippen LogP contribution is -2.24. The van der Waals surface area contributed by atoms with Crippen molar-refractivity contribution in [1.29, 1.82) is 0 Å². The van der Waals surface area contributed by atoms with Gasteiger partial charge in [0.25, 0.3) is 11.8 Å². The average molecular weight is 425 g/mol. The summed E-state index contributed by atoms with van der Waals surface area (Å²) in [5, 5.41) is 4.09. The molecule has 0 radical (unpaired) electrons. The van der Waals surface area contributed by atoms with Gasteiger partial charge in [0, 0.05) is 46.2 Å². The van der Waals surface area contributed by atoms with Crippen LogP contribution in [0.1, 0.15) is 37.7 Å². The molecule has 0 spiro atoms. The molecule has 160 valence electrons. The lowest BCUT2D eigenvalue weighted by molar-refractivity contribution is 0.0954. The number of aryl methyl sites for hydroxylation is 1. The van der Waals surface area contributed by atoms with Crippen molar-refractivity contribution in [2.75, 3.05) is 5.43 Å². The first-order valence-corrected chi connectivity index (χ1v) is 10.1. The quantitative estimate of drug-likeness (QED) is 0.361. The van der Waals surface area contributed by atoms with Crippen LogP contribution in [0, 0.1) is 13.8 Å². The smallest absolute Gasteiger partial charge is 0.271 e. The Hall–Kier alpha value is -4.39. The molecule has 0 atom stereocenters. The van der Waals surface area contributed by atoms with Crippen LogP contribution in [0.5, 0.6) is 0 Å². The number of carbonyl (C=O) groups excluding carboxylic acids is 2. The summed E-state index contributed by atoms with van der Waals surface area (Å²) in [4.78, 5) is 24.9. The maximum atomic E-state index is 12.5. The van der Waals surface area contributed by atoms with Crippen LogP contribution in [0.15, 0.2) is 90.3 Å². The fourth-order valence-corrected chi connectivity index (χ4v) is 3.36. The maximum Gasteiger partial charge on any atom is 0.271 e. The lowest BCUT2D eigenvalue weighted by atomic mass is 10.2. The predicted molar refractivity (Wildman–Crippen MR) is 125 cm³/mol. The Morgan fingerprint density at radius 3 is 2.19 bits per heavy atom. The van der Waals surface area contributed by atoms with Gasteiger partial charge in [0.2, 0.25) is 0 Å². The maximum absolute atomic E-state index is 12.5. The SMILES string of the molecule is Cc1cc(/C=N/NC(=O)c2ccc(-n3cccc3)cc2)c(C)n1NC(=O)c1ccccc1. The second-order valence-electron chi connectivity index (χ2n) is 7.31. The van der Waals surface area contributed by atoms with Crippen molar-refractivity contribution in [3.63, 3.8) is 0 Å². The number of hydrazone groups is 1. The van der Waals surface area contributed by atoms with E-state index in [1.807, 2.05) is 79.3 Å². The summed E-state index contributed by atoms with van der Waals surface area (Å²) in [5.74, 6) is -0.501. The van der Waals surface area contributed by atoms with E-state index in [9.17, 15) is 9.59 Å². The Morgan fingerprint density at radius 2 is 1.50 bits per heavy atom. The normalized spacial score (nSPS) is 10.9. The molecule has 0 bridgehead atoms. The van der Waals surface area contributed by atoms with Crippen molar-refractivity contribution < 1.29 is 9.59 Å². The Balaban J connectivity index is 1.41. The van der Waals surface area contributed by atoms with Crippen LogP contribution in [0.4, 0.5) is 0 Å². The number of aromatic nitrogens is 2. The number of rotatable bonds is 6. The van der Waals surface area contributed by atoms with Crippen molar-refractivity contribution in [3.8, 4) is 5.69 Å². The van der Waals surface area contributed by atoms with Gasteiger partial charge in [0.05, 0.1) is 6.21 Å². The van der Waals surface area contributed by atoms with Gasteiger partial charge >= 0.3 is 0 Å². The molecule has 2 aromatic carbocycles. The molecule has 32 heavy (non-hydrogen) atoms. The van der Waals surface area contributed by atoms with Gasteiger partial charge in [-0.2, -0.15) is 5.10 Å². The first-order chi connectivity index (χ1) is 15.5. The highest BCUT2D eigenvalue weighted by atomic mass is 16.2. The topological polar surface area (TPSA) is 80.4 Å². The van der Waals surface area contributed by atoms with Gasteiger partial charge in [0.15, 0.2) is 0 Å². The van der Waals surface area contributed by atoms with E-state index in [-0.39, 0.29) is 11.8 Å².